The van der Waals surface area contributed by atoms with Crippen molar-refractivity contribution in [1.82, 2.24) is 14.5 Å². The fourth-order valence-electron chi connectivity index (χ4n) is 11.2. The number of nitrogens with zero attached hydrogens (tertiary/aromatic N) is 4. The van der Waals surface area contributed by atoms with Gasteiger partial charge in [-0.25, -0.2) is 9.98 Å². The van der Waals surface area contributed by atoms with E-state index in [4.69, 9.17) is 14.4 Å². The van der Waals surface area contributed by atoms with Crippen molar-refractivity contribution in [2.45, 2.75) is 6.17 Å². The van der Waals surface area contributed by atoms with Gasteiger partial charge < -0.3 is 18.9 Å². The average molecular weight is 908 g/mol. The molecule has 1 aliphatic heterocycles. The van der Waals surface area contributed by atoms with Crippen LogP contribution in [0.1, 0.15) is 22.9 Å². The van der Waals surface area contributed by atoms with Gasteiger partial charge >= 0.3 is 0 Å². The highest BCUT2D eigenvalue weighted by molar-refractivity contribution is 6.25. The van der Waals surface area contributed by atoms with Gasteiger partial charge in [0.15, 0.2) is 5.84 Å². The van der Waals surface area contributed by atoms with Crippen molar-refractivity contribution in [3.8, 4) is 22.5 Å². The molecule has 0 fully saturated rings. The number of aromatic nitrogens is 2. The van der Waals surface area contributed by atoms with Crippen LogP contribution in [0.5, 0.6) is 0 Å². The minimum Gasteiger partial charge on any atom is -0.455 e. The summed E-state index contributed by atoms with van der Waals surface area (Å²) in [5.41, 5.74) is 13.4. The minimum absolute atomic E-state index is 0.472. The van der Waals surface area contributed by atoms with Gasteiger partial charge in [0.1, 0.15) is 23.2 Å². The second kappa shape index (κ2) is 15.5. The largest absolute Gasteiger partial charge is 0.455 e. The van der Waals surface area contributed by atoms with E-state index in [1.165, 1.54) is 26.9 Å². The van der Waals surface area contributed by atoms with Crippen LogP contribution in [-0.4, -0.2) is 20.8 Å². The first-order chi connectivity index (χ1) is 35.2. The molecule has 0 aliphatic carbocycles. The molecular formula is C65H41N5O. The standard InChI is InChI=1S/C65H41N5O/c1-3-16-40(17-4-1)42-21-15-22-45(34-42)63-66-64(46-31-33-58-53(36-46)50-26-11-13-28-56(50)69(58)47-23-5-2-6-24-47)68-65(67-63)55-38-48(39-60-61(55)52-32-30-41-18-9-10-25-49(41)62(52)71-60)70-57-29-14-12-27-51(57)54-35-43-19-7-8-20-44(43)37-59(54)70/h1-39,63H,(H,66,67,68). The van der Waals surface area contributed by atoms with Crippen LogP contribution in [-0.2, 0) is 0 Å². The number of fused-ring (bicyclic) bond motifs is 12. The van der Waals surface area contributed by atoms with Crippen LogP contribution >= 0.6 is 0 Å². The molecule has 0 bridgehead atoms. The molecule has 332 valence electrons. The first-order valence-electron chi connectivity index (χ1n) is 24.2. The van der Waals surface area contributed by atoms with E-state index in [0.29, 0.717) is 11.7 Å². The van der Waals surface area contributed by atoms with E-state index in [-0.39, 0.29) is 0 Å². The molecule has 1 atom stereocenters. The molecule has 0 radical (unpaired) electrons. The lowest BCUT2D eigenvalue weighted by atomic mass is 9.99. The number of aliphatic imine (C=N–C) groups is 2. The number of hydrogen-bond acceptors (Lipinski definition) is 4. The number of rotatable bonds is 6. The van der Waals surface area contributed by atoms with Crippen LogP contribution < -0.4 is 5.32 Å². The maximum Gasteiger partial charge on any atom is 0.159 e. The normalized spacial score (nSPS) is 14.1. The van der Waals surface area contributed by atoms with E-state index >= 15 is 0 Å². The maximum absolute atomic E-state index is 7.12. The number of hydrogen-bond donors (Lipinski definition) is 1. The van der Waals surface area contributed by atoms with Crippen LogP contribution in [0.15, 0.2) is 251 Å². The van der Waals surface area contributed by atoms with Gasteiger partial charge in [0, 0.05) is 60.6 Å². The smallest absolute Gasteiger partial charge is 0.159 e. The summed E-state index contributed by atoms with van der Waals surface area (Å²) in [6, 6.07) is 84.5. The lowest BCUT2D eigenvalue weighted by molar-refractivity contribution is 0.670. The van der Waals surface area contributed by atoms with Crippen molar-refractivity contribution in [2.75, 3.05) is 0 Å². The Balaban J connectivity index is 1.00. The van der Waals surface area contributed by atoms with Gasteiger partial charge in [-0.3, -0.25) is 0 Å². The molecule has 1 aliphatic rings. The third-order valence-electron chi connectivity index (χ3n) is 14.5. The summed E-state index contributed by atoms with van der Waals surface area (Å²) >= 11 is 0. The van der Waals surface area contributed by atoms with Crippen LogP contribution in [0.25, 0.3) is 110 Å². The number of amidine groups is 2. The van der Waals surface area contributed by atoms with E-state index in [1.807, 2.05) is 0 Å². The highest BCUT2D eigenvalue weighted by Crippen LogP contribution is 2.42. The van der Waals surface area contributed by atoms with Crippen molar-refractivity contribution < 1.29 is 4.42 Å². The molecule has 1 N–H and O–H groups in total. The van der Waals surface area contributed by atoms with Crippen LogP contribution in [0.4, 0.5) is 0 Å². The van der Waals surface area contributed by atoms with Crippen molar-refractivity contribution >= 4 is 98.8 Å². The molecule has 11 aromatic carbocycles. The Kier molecular flexibility index (Phi) is 8.62. The summed E-state index contributed by atoms with van der Waals surface area (Å²) in [6.07, 6.45) is -0.472. The number of para-hydroxylation sites is 3. The van der Waals surface area contributed by atoms with Gasteiger partial charge in [-0.1, -0.05) is 158 Å². The molecule has 4 heterocycles. The Bertz CT molecular complexity index is 4560. The fraction of sp³-hybridized carbons (Fsp3) is 0.0154. The fourth-order valence-corrected chi connectivity index (χ4v) is 11.2. The second-order valence-electron chi connectivity index (χ2n) is 18.6. The number of benzene rings is 11. The van der Waals surface area contributed by atoms with Crippen LogP contribution in [0, 0.1) is 0 Å². The van der Waals surface area contributed by atoms with E-state index in [1.54, 1.807) is 0 Å². The van der Waals surface area contributed by atoms with Crippen molar-refractivity contribution in [2.24, 2.45) is 9.98 Å². The van der Waals surface area contributed by atoms with E-state index in [0.717, 1.165) is 99.4 Å². The molecule has 0 saturated carbocycles. The van der Waals surface area contributed by atoms with Gasteiger partial charge in [0.25, 0.3) is 0 Å². The molecular weight excluding hydrogens is 867 g/mol. The van der Waals surface area contributed by atoms with Crippen LogP contribution in [0.3, 0.4) is 0 Å². The second-order valence-corrected chi connectivity index (χ2v) is 18.6. The molecule has 0 spiro atoms. The summed E-state index contributed by atoms with van der Waals surface area (Å²) in [5.74, 6) is 1.36. The third kappa shape index (κ3) is 6.21. The first-order valence-corrected chi connectivity index (χ1v) is 24.2. The Morgan fingerprint density at radius 1 is 0.394 bits per heavy atom. The SMILES string of the molecule is c1ccc(-c2cccc(C3N=C(c4ccc5c(c4)c4ccccc4n5-c4ccccc4)N=C(c4cc(-n5c6ccccc6c6cc7ccccc7cc65)cc5oc6c7ccccc7ccc6c45)N3)c2)cc1. The lowest BCUT2D eigenvalue weighted by Crippen LogP contribution is -2.33. The summed E-state index contributed by atoms with van der Waals surface area (Å²) < 4.78 is 11.9. The third-order valence-corrected chi connectivity index (χ3v) is 14.5. The molecule has 14 aromatic rings. The Morgan fingerprint density at radius 2 is 1.03 bits per heavy atom. The van der Waals surface area contributed by atoms with E-state index < -0.39 is 6.17 Å². The zero-order valence-corrected chi connectivity index (χ0v) is 38.3. The van der Waals surface area contributed by atoms with Crippen molar-refractivity contribution in [1.29, 1.82) is 0 Å². The highest BCUT2D eigenvalue weighted by Gasteiger charge is 2.27. The Labute approximate surface area is 407 Å². The highest BCUT2D eigenvalue weighted by atomic mass is 16.3. The van der Waals surface area contributed by atoms with E-state index in [2.05, 4.69) is 251 Å². The predicted molar refractivity (Wildman–Crippen MR) is 295 cm³/mol. The van der Waals surface area contributed by atoms with Crippen molar-refractivity contribution in [3.63, 3.8) is 0 Å². The lowest BCUT2D eigenvalue weighted by Gasteiger charge is -2.25. The molecule has 6 nitrogen and oxygen atoms in total. The molecule has 6 heteroatoms. The zero-order chi connectivity index (χ0) is 46.6. The monoisotopic (exact) mass is 907 g/mol. The van der Waals surface area contributed by atoms with Crippen molar-refractivity contribution in [3.05, 3.63) is 253 Å². The first kappa shape index (κ1) is 39.5. The summed E-state index contributed by atoms with van der Waals surface area (Å²) in [7, 11) is 0. The molecule has 3 aromatic heterocycles. The molecule has 15 rings (SSSR count). The Hall–Kier alpha value is -9.52. The molecule has 0 saturated heterocycles. The predicted octanol–water partition coefficient (Wildman–Crippen LogP) is 16.2. The van der Waals surface area contributed by atoms with Crippen LogP contribution in [0.2, 0.25) is 0 Å². The average Bonchev–Trinajstić information content (AvgIpc) is 4.10. The summed E-state index contributed by atoms with van der Waals surface area (Å²) in [5, 5.41) is 15.2. The van der Waals surface area contributed by atoms with Gasteiger partial charge in [0.05, 0.1) is 27.8 Å². The summed E-state index contributed by atoms with van der Waals surface area (Å²) in [6.45, 7) is 0. The summed E-state index contributed by atoms with van der Waals surface area (Å²) in [4.78, 5) is 11.1. The molecule has 71 heavy (non-hydrogen) atoms. The van der Waals surface area contributed by atoms with Gasteiger partial charge in [-0.15, -0.1) is 0 Å². The van der Waals surface area contributed by atoms with Gasteiger partial charge in [0.2, 0.25) is 0 Å². The zero-order valence-electron chi connectivity index (χ0n) is 38.3. The minimum atomic E-state index is -0.472. The Morgan fingerprint density at radius 3 is 1.82 bits per heavy atom. The molecule has 0 amide bonds. The van der Waals surface area contributed by atoms with E-state index in [9.17, 15) is 0 Å². The number of nitrogens with one attached hydrogen (secondary N) is 1. The quantitative estimate of drug-likeness (QED) is 0.181. The maximum atomic E-state index is 7.12. The molecule has 1 unspecified atom stereocenters. The topological polar surface area (TPSA) is 59.8 Å². The number of furan rings is 1. The van der Waals surface area contributed by atoms with Gasteiger partial charge in [-0.2, -0.15) is 0 Å². The van der Waals surface area contributed by atoms with Gasteiger partial charge in [-0.05, 0) is 106 Å².